The van der Waals surface area contributed by atoms with E-state index in [1.165, 1.54) is 52.4 Å². The Bertz CT molecular complexity index is 621. The summed E-state index contributed by atoms with van der Waals surface area (Å²) in [5.74, 6) is 0.448. The fourth-order valence-electron chi connectivity index (χ4n) is 4.48. The van der Waals surface area contributed by atoms with Gasteiger partial charge >= 0.3 is 6.03 Å². The van der Waals surface area contributed by atoms with Gasteiger partial charge in [0.15, 0.2) is 0 Å². The summed E-state index contributed by atoms with van der Waals surface area (Å²) in [6, 6.07) is 8.91. The predicted molar refractivity (Wildman–Crippen MR) is 111 cm³/mol. The van der Waals surface area contributed by atoms with Gasteiger partial charge in [0.1, 0.15) is 6.04 Å². The predicted octanol–water partition coefficient (Wildman–Crippen LogP) is 2.77. The second-order valence-corrected chi connectivity index (χ2v) is 8.08. The molecule has 6 nitrogen and oxygen atoms in total. The zero-order valence-corrected chi connectivity index (χ0v) is 17.0. The minimum Gasteiger partial charge on any atom is -0.341 e. The van der Waals surface area contributed by atoms with Crippen molar-refractivity contribution in [1.29, 1.82) is 0 Å². The topological polar surface area (TPSA) is 64.7 Å². The van der Waals surface area contributed by atoms with Crippen molar-refractivity contribution in [3.63, 3.8) is 0 Å². The Morgan fingerprint density at radius 2 is 1.64 bits per heavy atom. The maximum Gasteiger partial charge on any atom is 0.321 e. The molecule has 1 unspecified atom stereocenters. The van der Waals surface area contributed by atoms with Crippen LogP contribution in [0.5, 0.6) is 0 Å². The van der Waals surface area contributed by atoms with Crippen molar-refractivity contribution in [2.24, 2.45) is 5.92 Å². The van der Waals surface area contributed by atoms with Gasteiger partial charge in [-0.3, -0.25) is 15.0 Å². The molecule has 0 saturated carbocycles. The van der Waals surface area contributed by atoms with Crippen molar-refractivity contribution in [3.05, 3.63) is 35.9 Å². The number of amides is 3. The number of likely N-dealkylation sites (tertiary alicyclic amines) is 2. The van der Waals surface area contributed by atoms with Crippen LogP contribution in [-0.2, 0) is 4.79 Å². The first-order valence-corrected chi connectivity index (χ1v) is 10.7. The molecule has 0 radical (unpaired) electrons. The SMILES string of the molecule is CNC(=O)NC(=O)C(c1ccccc1)N1CCC(CN2CCCCCC2)CC1. The molecule has 2 heterocycles. The Hall–Kier alpha value is -1.92. The molecule has 28 heavy (non-hydrogen) atoms. The normalized spacial score (nSPS) is 20.9. The van der Waals surface area contributed by atoms with E-state index in [1.54, 1.807) is 0 Å². The number of carbonyl (C=O) groups is 2. The van der Waals surface area contributed by atoms with Gasteiger partial charge < -0.3 is 10.2 Å². The average Bonchev–Trinajstić information content (AvgIpc) is 2.99. The summed E-state index contributed by atoms with van der Waals surface area (Å²) in [6.45, 7) is 5.44. The first-order chi connectivity index (χ1) is 13.7. The smallest absolute Gasteiger partial charge is 0.321 e. The average molecular weight is 387 g/mol. The van der Waals surface area contributed by atoms with Crippen molar-refractivity contribution in [2.45, 2.75) is 44.6 Å². The Labute approximate surface area is 168 Å². The highest BCUT2D eigenvalue weighted by atomic mass is 16.2. The molecule has 0 spiro atoms. The second-order valence-electron chi connectivity index (χ2n) is 8.08. The molecular formula is C22H34N4O2. The van der Waals surface area contributed by atoms with Gasteiger partial charge in [-0.1, -0.05) is 43.2 Å². The summed E-state index contributed by atoms with van der Waals surface area (Å²) in [6.07, 6.45) is 7.60. The van der Waals surface area contributed by atoms with Crippen LogP contribution in [0.3, 0.4) is 0 Å². The molecule has 2 fully saturated rings. The van der Waals surface area contributed by atoms with Crippen molar-refractivity contribution in [1.82, 2.24) is 20.4 Å². The van der Waals surface area contributed by atoms with Crippen LogP contribution in [-0.4, -0.2) is 61.5 Å². The molecule has 3 amide bonds. The lowest BCUT2D eigenvalue weighted by Crippen LogP contribution is -2.48. The summed E-state index contributed by atoms with van der Waals surface area (Å²) in [5, 5.41) is 4.94. The summed E-state index contributed by atoms with van der Waals surface area (Å²) in [5.41, 5.74) is 0.940. The van der Waals surface area contributed by atoms with Crippen molar-refractivity contribution < 1.29 is 9.59 Å². The molecule has 3 rings (SSSR count). The van der Waals surface area contributed by atoms with Gasteiger partial charge in [-0.05, 0) is 63.3 Å². The Morgan fingerprint density at radius 3 is 2.25 bits per heavy atom. The van der Waals surface area contributed by atoms with Gasteiger partial charge in [-0.15, -0.1) is 0 Å². The molecule has 2 saturated heterocycles. The highest BCUT2D eigenvalue weighted by molar-refractivity contribution is 5.97. The van der Waals surface area contributed by atoms with Crippen LogP contribution in [0.2, 0.25) is 0 Å². The maximum absolute atomic E-state index is 12.8. The number of piperidine rings is 1. The molecule has 154 valence electrons. The lowest BCUT2D eigenvalue weighted by Gasteiger charge is -2.38. The Kier molecular flexibility index (Phi) is 7.86. The number of nitrogens with one attached hydrogen (secondary N) is 2. The molecule has 0 aromatic heterocycles. The Morgan fingerprint density at radius 1 is 1.00 bits per heavy atom. The van der Waals surface area contributed by atoms with E-state index < -0.39 is 12.1 Å². The van der Waals surface area contributed by atoms with E-state index in [1.807, 2.05) is 30.3 Å². The van der Waals surface area contributed by atoms with E-state index >= 15 is 0 Å². The van der Waals surface area contributed by atoms with Gasteiger partial charge in [0, 0.05) is 13.6 Å². The van der Waals surface area contributed by atoms with Crippen LogP contribution in [0, 0.1) is 5.92 Å². The number of urea groups is 1. The summed E-state index contributed by atoms with van der Waals surface area (Å²) in [4.78, 5) is 29.4. The Balaban J connectivity index is 1.60. The minimum absolute atomic E-state index is 0.253. The van der Waals surface area contributed by atoms with Crippen LogP contribution >= 0.6 is 0 Å². The third kappa shape index (κ3) is 5.79. The van der Waals surface area contributed by atoms with Gasteiger partial charge in [0.2, 0.25) is 5.91 Å². The number of imide groups is 1. The van der Waals surface area contributed by atoms with Crippen LogP contribution in [0.15, 0.2) is 30.3 Å². The number of rotatable bonds is 5. The lowest BCUT2D eigenvalue weighted by molar-refractivity contribution is -0.126. The summed E-state index contributed by atoms with van der Waals surface area (Å²) >= 11 is 0. The van der Waals surface area contributed by atoms with Crippen LogP contribution < -0.4 is 10.6 Å². The van der Waals surface area contributed by atoms with E-state index in [0.717, 1.165) is 31.5 Å². The fraction of sp³-hybridized carbons (Fsp3) is 0.636. The lowest BCUT2D eigenvalue weighted by atomic mass is 9.93. The third-order valence-electron chi connectivity index (χ3n) is 6.06. The standard InChI is InChI=1S/C22H34N4O2/c1-23-22(28)24-21(27)20(19-9-5-4-6-10-19)26-15-11-18(12-16-26)17-25-13-7-2-3-8-14-25/h4-6,9-10,18,20H,2-3,7-8,11-17H2,1H3,(H2,23,24,27,28). The highest BCUT2D eigenvalue weighted by Crippen LogP contribution is 2.28. The van der Waals surface area contributed by atoms with E-state index in [9.17, 15) is 9.59 Å². The number of hydrogen-bond donors (Lipinski definition) is 2. The van der Waals surface area contributed by atoms with E-state index in [-0.39, 0.29) is 5.91 Å². The first-order valence-electron chi connectivity index (χ1n) is 10.7. The van der Waals surface area contributed by atoms with Crippen LogP contribution in [0.4, 0.5) is 4.79 Å². The molecule has 2 N–H and O–H groups in total. The quantitative estimate of drug-likeness (QED) is 0.817. The number of hydrogen-bond acceptors (Lipinski definition) is 4. The molecular weight excluding hydrogens is 352 g/mol. The molecule has 1 aromatic carbocycles. The number of nitrogens with zero attached hydrogens (tertiary/aromatic N) is 2. The van der Waals surface area contributed by atoms with Gasteiger partial charge in [-0.25, -0.2) is 4.79 Å². The third-order valence-corrected chi connectivity index (χ3v) is 6.06. The van der Waals surface area contributed by atoms with Crippen molar-refractivity contribution >= 4 is 11.9 Å². The molecule has 1 aromatic rings. The van der Waals surface area contributed by atoms with Gasteiger partial charge in [-0.2, -0.15) is 0 Å². The molecule has 0 aliphatic carbocycles. The van der Waals surface area contributed by atoms with Crippen molar-refractivity contribution in [2.75, 3.05) is 39.8 Å². The van der Waals surface area contributed by atoms with E-state index in [0.29, 0.717) is 5.92 Å². The molecule has 1 atom stereocenters. The fourth-order valence-corrected chi connectivity index (χ4v) is 4.48. The molecule has 6 heteroatoms. The van der Waals surface area contributed by atoms with Crippen LogP contribution in [0.1, 0.15) is 50.1 Å². The summed E-state index contributed by atoms with van der Waals surface area (Å²) < 4.78 is 0. The zero-order valence-electron chi connectivity index (χ0n) is 17.0. The van der Waals surface area contributed by atoms with Gasteiger partial charge in [0.05, 0.1) is 0 Å². The molecule has 0 bridgehead atoms. The maximum atomic E-state index is 12.8. The van der Waals surface area contributed by atoms with E-state index in [2.05, 4.69) is 20.4 Å². The van der Waals surface area contributed by atoms with Crippen molar-refractivity contribution in [3.8, 4) is 0 Å². The summed E-state index contributed by atoms with van der Waals surface area (Å²) in [7, 11) is 1.52. The second kappa shape index (κ2) is 10.6. The highest BCUT2D eigenvalue weighted by Gasteiger charge is 2.32. The molecule has 2 aliphatic heterocycles. The zero-order chi connectivity index (χ0) is 19.8. The largest absolute Gasteiger partial charge is 0.341 e. The van der Waals surface area contributed by atoms with Crippen LogP contribution in [0.25, 0.3) is 0 Å². The number of carbonyl (C=O) groups excluding carboxylic acids is 2. The van der Waals surface area contributed by atoms with E-state index in [4.69, 9.17) is 0 Å². The molecule has 2 aliphatic rings. The first kappa shape index (κ1) is 20.8. The number of benzene rings is 1. The van der Waals surface area contributed by atoms with Gasteiger partial charge in [0.25, 0.3) is 0 Å². The minimum atomic E-state index is -0.456. The monoisotopic (exact) mass is 386 g/mol.